The molecule has 2 bridgehead atoms. The first kappa shape index (κ1) is 19.2. The fourth-order valence-electron chi connectivity index (χ4n) is 7.44. The summed E-state index contributed by atoms with van der Waals surface area (Å²) in [5, 5.41) is 2.64. The Morgan fingerprint density at radius 3 is 2.35 bits per heavy atom. The first-order valence-corrected chi connectivity index (χ1v) is 12.1. The van der Waals surface area contributed by atoms with E-state index in [-0.39, 0.29) is 0 Å². The third-order valence-corrected chi connectivity index (χ3v) is 8.37. The summed E-state index contributed by atoms with van der Waals surface area (Å²) in [5.41, 5.74) is 7.26. The molecule has 3 aromatic carbocycles. The van der Waals surface area contributed by atoms with Crippen LogP contribution < -0.4 is 4.90 Å². The molecule has 2 fully saturated rings. The number of nitrogens with zero attached hydrogens (tertiary/aromatic N) is 1. The average Bonchev–Trinajstić information content (AvgIpc) is 2.89. The molecule has 0 saturated heterocycles. The number of fused-ring (bicyclic) bond motifs is 6. The van der Waals surface area contributed by atoms with E-state index in [1.807, 2.05) is 0 Å². The SMILES string of the molecule is CC1CC2CC(C)CC(c3ccc4c(c3)C=Cc3c(ccc5ccccc35)N4C)(C1)C2. The Labute approximate surface area is 186 Å². The Morgan fingerprint density at radius 1 is 0.806 bits per heavy atom. The minimum Gasteiger partial charge on any atom is -0.344 e. The van der Waals surface area contributed by atoms with E-state index in [4.69, 9.17) is 0 Å². The number of hydrogen-bond acceptors (Lipinski definition) is 1. The van der Waals surface area contributed by atoms with Crippen molar-refractivity contribution in [3.05, 3.63) is 71.3 Å². The molecule has 2 unspecified atom stereocenters. The van der Waals surface area contributed by atoms with Gasteiger partial charge >= 0.3 is 0 Å². The highest BCUT2D eigenvalue weighted by Gasteiger charge is 2.45. The first-order chi connectivity index (χ1) is 15.0. The second kappa shape index (κ2) is 6.99. The van der Waals surface area contributed by atoms with Gasteiger partial charge in [0, 0.05) is 24.0 Å². The average molecular weight is 408 g/mol. The standard InChI is InChI=1S/C30H33N/c1-20-14-22-15-21(2)18-30(17-20,19-22)25-10-13-28-24(16-25)8-11-27-26-7-5-4-6-23(26)9-12-29(27)31(28)3/h4-13,16,20-22H,14-15,17-19H2,1-3H3. The summed E-state index contributed by atoms with van der Waals surface area (Å²) < 4.78 is 0. The lowest BCUT2D eigenvalue weighted by Gasteiger charge is -2.50. The Balaban J connectivity index is 1.47. The van der Waals surface area contributed by atoms with Crippen molar-refractivity contribution in [3.63, 3.8) is 0 Å². The maximum absolute atomic E-state index is 2.53. The molecule has 0 N–H and O–H groups in total. The van der Waals surface area contributed by atoms with Crippen LogP contribution in [-0.2, 0) is 5.41 Å². The molecule has 2 atom stereocenters. The number of anilines is 2. The topological polar surface area (TPSA) is 3.24 Å². The zero-order valence-electron chi connectivity index (χ0n) is 19.1. The van der Waals surface area contributed by atoms with Crippen molar-refractivity contribution in [2.75, 3.05) is 11.9 Å². The highest BCUT2D eigenvalue weighted by molar-refractivity contribution is 6.01. The molecule has 0 radical (unpaired) electrons. The predicted molar refractivity (Wildman–Crippen MR) is 134 cm³/mol. The van der Waals surface area contributed by atoms with Crippen molar-refractivity contribution in [3.8, 4) is 0 Å². The van der Waals surface area contributed by atoms with Gasteiger partial charge in [0.15, 0.2) is 0 Å². The van der Waals surface area contributed by atoms with E-state index >= 15 is 0 Å². The molecule has 6 rings (SSSR count). The van der Waals surface area contributed by atoms with Crippen LogP contribution in [0.3, 0.4) is 0 Å². The van der Waals surface area contributed by atoms with Crippen molar-refractivity contribution >= 4 is 34.3 Å². The van der Waals surface area contributed by atoms with Crippen LogP contribution in [0.5, 0.6) is 0 Å². The van der Waals surface area contributed by atoms with Gasteiger partial charge in [-0.3, -0.25) is 0 Å². The molecule has 0 aromatic heterocycles. The van der Waals surface area contributed by atoms with E-state index in [2.05, 4.69) is 92.5 Å². The third-order valence-electron chi connectivity index (χ3n) is 8.37. The van der Waals surface area contributed by atoms with E-state index in [9.17, 15) is 0 Å². The van der Waals surface area contributed by atoms with Crippen LogP contribution in [0.4, 0.5) is 11.4 Å². The lowest BCUT2D eigenvalue weighted by molar-refractivity contribution is 0.0780. The molecule has 0 amide bonds. The lowest BCUT2D eigenvalue weighted by atomic mass is 9.54. The van der Waals surface area contributed by atoms with Crippen molar-refractivity contribution < 1.29 is 0 Å². The molecule has 0 spiro atoms. The van der Waals surface area contributed by atoms with Crippen LogP contribution >= 0.6 is 0 Å². The van der Waals surface area contributed by atoms with Gasteiger partial charge in [-0.25, -0.2) is 0 Å². The molecular weight excluding hydrogens is 374 g/mol. The van der Waals surface area contributed by atoms with E-state index in [0.29, 0.717) is 5.41 Å². The summed E-state index contributed by atoms with van der Waals surface area (Å²) in [4.78, 5) is 2.38. The van der Waals surface area contributed by atoms with Crippen LogP contribution in [0, 0.1) is 17.8 Å². The minimum absolute atomic E-state index is 0.382. The van der Waals surface area contributed by atoms with Crippen molar-refractivity contribution in [1.82, 2.24) is 0 Å². The molecule has 1 heterocycles. The molecule has 3 aromatic rings. The van der Waals surface area contributed by atoms with Crippen molar-refractivity contribution in [2.24, 2.45) is 17.8 Å². The molecule has 31 heavy (non-hydrogen) atoms. The molecule has 2 saturated carbocycles. The van der Waals surface area contributed by atoms with Crippen LogP contribution in [0.1, 0.15) is 62.6 Å². The lowest BCUT2D eigenvalue weighted by Crippen LogP contribution is -2.42. The zero-order valence-corrected chi connectivity index (χ0v) is 19.1. The zero-order chi connectivity index (χ0) is 21.2. The second-order valence-corrected chi connectivity index (χ2v) is 10.8. The minimum atomic E-state index is 0.382. The fourth-order valence-corrected chi connectivity index (χ4v) is 7.44. The number of hydrogen-bond donors (Lipinski definition) is 0. The van der Waals surface area contributed by atoms with Gasteiger partial charge in [0.2, 0.25) is 0 Å². The summed E-state index contributed by atoms with van der Waals surface area (Å²) in [5.74, 6) is 2.61. The molecule has 3 aliphatic rings. The molecule has 1 nitrogen and oxygen atoms in total. The summed E-state index contributed by atoms with van der Waals surface area (Å²) in [6, 6.07) is 20.7. The van der Waals surface area contributed by atoms with Crippen LogP contribution in [0.25, 0.3) is 22.9 Å². The van der Waals surface area contributed by atoms with Crippen LogP contribution in [0.2, 0.25) is 0 Å². The monoisotopic (exact) mass is 407 g/mol. The van der Waals surface area contributed by atoms with E-state index < -0.39 is 0 Å². The summed E-state index contributed by atoms with van der Waals surface area (Å²) in [7, 11) is 2.22. The van der Waals surface area contributed by atoms with Gasteiger partial charge in [0.25, 0.3) is 0 Å². The summed E-state index contributed by atoms with van der Waals surface area (Å²) in [6.07, 6.45) is 11.7. The van der Waals surface area contributed by atoms with E-state index in [1.54, 1.807) is 5.56 Å². The van der Waals surface area contributed by atoms with Gasteiger partial charge in [0.05, 0.1) is 0 Å². The maximum Gasteiger partial charge on any atom is 0.0488 e. The first-order valence-electron chi connectivity index (χ1n) is 12.1. The Hall–Kier alpha value is -2.54. The Morgan fingerprint density at radius 2 is 1.55 bits per heavy atom. The Bertz CT molecular complexity index is 1170. The predicted octanol–water partition coefficient (Wildman–Crippen LogP) is 8.20. The molecule has 1 aliphatic heterocycles. The van der Waals surface area contributed by atoms with Crippen molar-refractivity contribution in [1.29, 1.82) is 0 Å². The van der Waals surface area contributed by atoms with Gasteiger partial charge in [-0.2, -0.15) is 0 Å². The van der Waals surface area contributed by atoms with Crippen LogP contribution in [0.15, 0.2) is 54.6 Å². The molecular formula is C30H33N. The quantitative estimate of drug-likeness (QED) is 0.393. The highest BCUT2D eigenvalue weighted by Crippen LogP contribution is 2.54. The van der Waals surface area contributed by atoms with Crippen molar-refractivity contribution in [2.45, 2.75) is 51.4 Å². The summed E-state index contributed by atoms with van der Waals surface area (Å²) in [6.45, 7) is 4.96. The van der Waals surface area contributed by atoms with Gasteiger partial charge in [-0.1, -0.05) is 62.4 Å². The van der Waals surface area contributed by atoms with Gasteiger partial charge in [-0.05, 0) is 95.4 Å². The number of benzene rings is 3. The second-order valence-electron chi connectivity index (χ2n) is 10.8. The molecule has 2 aliphatic carbocycles. The number of rotatable bonds is 1. The smallest absolute Gasteiger partial charge is 0.0488 e. The Kier molecular flexibility index (Phi) is 4.32. The van der Waals surface area contributed by atoms with Gasteiger partial charge < -0.3 is 4.90 Å². The largest absolute Gasteiger partial charge is 0.344 e. The van der Waals surface area contributed by atoms with Crippen LogP contribution in [-0.4, -0.2) is 7.05 Å². The normalized spacial score (nSPS) is 29.4. The highest BCUT2D eigenvalue weighted by atomic mass is 15.1. The van der Waals surface area contributed by atoms with Gasteiger partial charge in [0.1, 0.15) is 0 Å². The molecule has 158 valence electrons. The summed E-state index contributed by atoms with van der Waals surface area (Å²) >= 11 is 0. The molecule has 1 heteroatoms. The van der Waals surface area contributed by atoms with E-state index in [1.165, 1.54) is 65.4 Å². The fraction of sp³-hybridized carbons (Fsp3) is 0.400. The maximum atomic E-state index is 2.53. The third kappa shape index (κ3) is 3.04. The van der Waals surface area contributed by atoms with Gasteiger partial charge in [-0.15, -0.1) is 0 Å². The van der Waals surface area contributed by atoms with E-state index in [0.717, 1.165) is 17.8 Å².